The molecule has 0 unspecified atom stereocenters. The number of benzene rings is 1. The molecule has 0 radical (unpaired) electrons. The Hall–Kier alpha value is -2.24. The minimum absolute atomic E-state index is 0.167. The van der Waals surface area contributed by atoms with Gasteiger partial charge in [0, 0.05) is 43.5 Å². The molecule has 0 saturated carbocycles. The summed E-state index contributed by atoms with van der Waals surface area (Å²) in [5.41, 5.74) is 2.90. The first-order valence-corrected chi connectivity index (χ1v) is 8.94. The first-order valence-electron chi connectivity index (χ1n) is 8.94. The zero-order valence-corrected chi connectivity index (χ0v) is 15.8. The summed E-state index contributed by atoms with van der Waals surface area (Å²) in [6.07, 6.45) is 2.02. The zero-order valence-electron chi connectivity index (χ0n) is 15.8. The second-order valence-corrected chi connectivity index (χ2v) is 7.09. The molecule has 1 fully saturated rings. The summed E-state index contributed by atoms with van der Waals surface area (Å²) in [6, 6.07) is 1.97. The third-order valence-electron chi connectivity index (χ3n) is 4.93. The average Bonchev–Trinajstić information content (AvgIpc) is 3.04. The number of likely N-dealkylation sites (tertiary alicyclic amines) is 1. The number of rotatable bonds is 4. The van der Waals surface area contributed by atoms with E-state index in [1.807, 2.05) is 13.0 Å². The van der Waals surface area contributed by atoms with E-state index in [4.69, 9.17) is 19.9 Å². The number of fused-ring (bicyclic) bond motifs is 1. The lowest BCUT2D eigenvalue weighted by molar-refractivity contribution is 0.129. The lowest BCUT2D eigenvalue weighted by atomic mass is 10.1. The van der Waals surface area contributed by atoms with Gasteiger partial charge < -0.3 is 19.4 Å². The number of ether oxygens (including phenoxy) is 2. The monoisotopic (exact) mass is 344 g/mol. The standard InChI is InChI=1S/C19H28N4O2/c1-11(2)19-21-17-12(3)15(10-16(24-5)18(17)22-19)25-14-6-8-23(9-7-14)13(4)20/h10-11,14,20H,6-9H2,1-5H3,(H,21,22). The van der Waals surface area contributed by atoms with Gasteiger partial charge in [-0.2, -0.15) is 0 Å². The Morgan fingerprint density at radius 3 is 2.56 bits per heavy atom. The smallest absolute Gasteiger partial charge is 0.148 e. The van der Waals surface area contributed by atoms with Gasteiger partial charge in [-0.05, 0) is 13.8 Å². The highest BCUT2D eigenvalue weighted by Crippen LogP contribution is 2.36. The van der Waals surface area contributed by atoms with Crippen molar-refractivity contribution < 1.29 is 9.47 Å². The molecule has 2 heterocycles. The van der Waals surface area contributed by atoms with Gasteiger partial charge in [-0.1, -0.05) is 13.8 Å². The van der Waals surface area contributed by atoms with Gasteiger partial charge in [-0.15, -0.1) is 0 Å². The highest BCUT2D eigenvalue weighted by Gasteiger charge is 2.23. The zero-order chi connectivity index (χ0) is 18.1. The summed E-state index contributed by atoms with van der Waals surface area (Å²) < 4.78 is 11.9. The molecule has 0 spiro atoms. The maximum Gasteiger partial charge on any atom is 0.148 e. The molecule has 1 aliphatic rings. The van der Waals surface area contributed by atoms with E-state index < -0.39 is 0 Å². The van der Waals surface area contributed by atoms with Crippen molar-refractivity contribution in [3.05, 3.63) is 17.5 Å². The summed E-state index contributed by atoms with van der Waals surface area (Å²) in [7, 11) is 1.68. The molecule has 0 aliphatic carbocycles. The highest BCUT2D eigenvalue weighted by molar-refractivity contribution is 5.87. The molecule has 0 amide bonds. The largest absolute Gasteiger partial charge is 0.494 e. The number of aryl methyl sites for hydroxylation is 1. The van der Waals surface area contributed by atoms with Crippen LogP contribution in [0.2, 0.25) is 0 Å². The highest BCUT2D eigenvalue weighted by atomic mass is 16.5. The Morgan fingerprint density at radius 2 is 2.00 bits per heavy atom. The molecular formula is C19H28N4O2. The molecule has 1 aliphatic heterocycles. The Morgan fingerprint density at radius 1 is 1.32 bits per heavy atom. The number of piperidine rings is 1. The summed E-state index contributed by atoms with van der Waals surface area (Å²) >= 11 is 0. The van der Waals surface area contributed by atoms with Gasteiger partial charge in [0.2, 0.25) is 0 Å². The van der Waals surface area contributed by atoms with Crippen molar-refractivity contribution in [3.8, 4) is 11.5 Å². The Bertz CT molecular complexity index is 773. The second kappa shape index (κ2) is 6.94. The van der Waals surface area contributed by atoms with E-state index in [-0.39, 0.29) is 6.10 Å². The molecule has 25 heavy (non-hydrogen) atoms. The van der Waals surface area contributed by atoms with Crippen LogP contribution in [0.5, 0.6) is 11.5 Å². The van der Waals surface area contributed by atoms with Crippen molar-refractivity contribution in [1.29, 1.82) is 5.41 Å². The van der Waals surface area contributed by atoms with Gasteiger partial charge in [0.05, 0.1) is 18.5 Å². The van der Waals surface area contributed by atoms with Gasteiger partial charge in [0.1, 0.15) is 28.9 Å². The Kier molecular flexibility index (Phi) is 4.88. The SMILES string of the molecule is COc1cc(OC2CCN(C(C)=N)CC2)c(C)c2nc(C(C)C)[nH]c12. The second-order valence-electron chi connectivity index (χ2n) is 7.09. The molecule has 2 N–H and O–H groups in total. The predicted molar refractivity (Wildman–Crippen MR) is 100 cm³/mol. The van der Waals surface area contributed by atoms with E-state index in [9.17, 15) is 0 Å². The maximum absolute atomic E-state index is 7.75. The molecule has 136 valence electrons. The van der Waals surface area contributed by atoms with Crippen LogP contribution in [0.25, 0.3) is 11.0 Å². The van der Waals surface area contributed by atoms with Crippen molar-refractivity contribution in [2.45, 2.75) is 52.6 Å². The fourth-order valence-corrected chi connectivity index (χ4v) is 3.30. The topological polar surface area (TPSA) is 74.2 Å². The van der Waals surface area contributed by atoms with Gasteiger partial charge in [-0.25, -0.2) is 4.98 Å². The molecule has 0 bridgehead atoms. The number of methoxy groups -OCH3 is 1. The van der Waals surface area contributed by atoms with Crippen LogP contribution in [0.3, 0.4) is 0 Å². The Labute approximate surface area is 149 Å². The van der Waals surface area contributed by atoms with Crippen molar-refractivity contribution in [2.24, 2.45) is 0 Å². The van der Waals surface area contributed by atoms with Crippen LogP contribution in [0, 0.1) is 12.3 Å². The number of amidine groups is 1. The van der Waals surface area contributed by atoms with E-state index in [0.29, 0.717) is 11.8 Å². The summed E-state index contributed by atoms with van der Waals surface area (Å²) in [5, 5.41) is 7.75. The molecule has 3 rings (SSSR count). The van der Waals surface area contributed by atoms with Crippen molar-refractivity contribution in [2.75, 3.05) is 20.2 Å². The number of nitrogens with one attached hydrogen (secondary N) is 2. The van der Waals surface area contributed by atoms with Gasteiger partial charge in [-0.3, -0.25) is 5.41 Å². The summed E-state index contributed by atoms with van der Waals surface area (Å²) in [5.74, 6) is 3.53. The number of nitrogens with zero attached hydrogens (tertiary/aromatic N) is 2. The van der Waals surface area contributed by atoms with Gasteiger partial charge in [0.15, 0.2) is 0 Å². The molecule has 1 saturated heterocycles. The quantitative estimate of drug-likeness (QED) is 0.653. The fraction of sp³-hybridized carbons (Fsp3) is 0.579. The van der Waals surface area contributed by atoms with Crippen LogP contribution in [-0.2, 0) is 0 Å². The number of aromatic nitrogens is 2. The number of hydrogen-bond acceptors (Lipinski definition) is 4. The van der Waals surface area contributed by atoms with E-state index in [0.717, 1.165) is 59.9 Å². The predicted octanol–water partition coefficient (Wildman–Crippen LogP) is 3.84. The first-order chi connectivity index (χ1) is 11.9. The molecule has 6 heteroatoms. The minimum Gasteiger partial charge on any atom is -0.494 e. The van der Waals surface area contributed by atoms with Gasteiger partial charge >= 0.3 is 0 Å². The summed E-state index contributed by atoms with van der Waals surface area (Å²) in [4.78, 5) is 10.2. The van der Waals surface area contributed by atoms with Crippen molar-refractivity contribution in [1.82, 2.24) is 14.9 Å². The molecular weight excluding hydrogens is 316 g/mol. The van der Waals surface area contributed by atoms with Crippen molar-refractivity contribution >= 4 is 16.9 Å². The maximum atomic E-state index is 7.75. The number of imidazole rings is 1. The first kappa shape index (κ1) is 17.6. The molecule has 1 aromatic carbocycles. The summed E-state index contributed by atoms with van der Waals surface area (Å²) in [6.45, 7) is 9.88. The fourth-order valence-electron chi connectivity index (χ4n) is 3.30. The molecule has 2 aromatic rings. The van der Waals surface area contributed by atoms with Crippen LogP contribution >= 0.6 is 0 Å². The van der Waals surface area contributed by atoms with Crippen LogP contribution < -0.4 is 9.47 Å². The van der Waals surface area contributed by atoms with Crippen molar-refractivity contribution in [3.63, 3.8) is 0 Å². The lowest BCUT2D eigenvalue weighted by Gasteiger charge is -2.33. The van der Waals surface area contributed by atoms with E-state index in [1.54, 1.807) is 7.11 Å². The average molecular weight is 344 g/mol. The van der Waals surface area contributed by atoms with E-state index in [2.05, 4.69) is 30.7 Å². The number of aromatic amines is 1. The number of hydrogen-bond donors (Lipinski definition) is 2. The van der Waals surface area contributed by atoms with E-state index in [1.165, 1.54) is 0 Å². The van der Waals surface area contributed by atoms with Crippen LogP contribution in [0.4, 0.5) is 0 Å². The third-order valence-corrected chi connectivity index (χ3v) is 4.93. The lowest BCUT2D eigenvalue weighted by Crippen LogP contribution is -2.40. The van der Waals surface area contributed by atoms with Crippen LogP contribution in [-0.4, -0.2) is 47.0 Å². The molecule has 6 nitrogen and oxygen atoms in total. The third kappa shape index (κ3) is 3.43. The minimum atomic E-state index is 0.167. The van der Waals surface area contributed by atoms with Gasteiger partial charge in [0.25, 0.3) is 0 Å². The number of H-pyrrole nitrogens is 1. The molecule has 0 atom stereocenters. The Balaban J connectivity index is 1.87. The molecule has 1 aromatic heterocycles. The van der Waals surface area contributed by atoms with Crippen LogP contribution in [0.15, 0.2) is 6.07 Å². The normalized spacial score (nSPS) is 15.8. The van der Waals surface area contributed by atoms with E-state index >= 15 is 0 Å². The van der Waals surface area contributed by atoms with Crippen LogP contribution in [0.1, 0.15) is 50.9 Å².